The molecule has 122 valence electrons. The number of carbonyl (C=O) groups is 1. The number of carbonyl (C=O) groups excluding carboxylic acids is 1. The summed E-state index contributed by atoms with van der Waals surface area (Å²) in [4.78, 5) is 13.1. The SMILES string of the molecule is C=C(C)c1ccc(C(F)(F)F)cc1N(C)C(=O)OC(C)(C)C. The van der Waals surface area contributed by atoms with Crippen LogP contribution in [0.5, 0.6) is 0 Å². The monoisotopic (exact) mass is 315 g/mol. The molecule has 22 heavy (non-hydrogen) atoms. The van der Waals surface area contributed by atoms with Crippen LogP contribution in [0.4, 0.5) is 23.7 Å². The summed E-state index contributed by atoms with van der Waals surface area (Å²) in [5.74, 6) is 0. The van der Waals surface area contributed by atoms with Gasteiger partial charge in [0.15, 0.2) is 0 Å². The highest BCUT2D eigenvalue weighted by Crippen LogP contribution is 2.35. The predicted molar refractivity (Wildman–Crippen MR) is 80.8 cm³/mol. The fourth-order valence-corrected chi connectivity index (χ4v) is 1.78. The minimum atomic E-state index is -4.49. The lowest BCUT2D eigenvalue weighted by Crippen LogP contribution is -2.34. The smallest absolute Gasteiger partial charge is 0.416 e. The van der Waals surface area contributed by atoms with Gasteiger partial charge in [-0.2, -0.15) is 13.2 Å². The molecule has 0 N–H and O–H groups in total. The second-order valence-electron chi connectivity index (χ2n) is 6.05. The van der Waals surface area contributed by atoms with E-state index in [0.717, 1.165) is 17.0 Å². The first-order chi connectivity index (χ1) is 9.83. The van der Waals surface area contributed by atoms with Gasteiger partial charge in [-0.3, -0.25) is 4.90 Å². The quantitative estimate of drug-likeness (QED) is 0.759. The van der Waals surface area contributed by atoms with Crippen molar-refractivity contribution in [3.63, 3.8) is 0 Å². The highest BCUT2D eigenvalue weighted by molar-refractivity contribution is 5.91. The molecule has 0 spiro atoms. The van der Waals surface area contributed by atoms with Gasteiger partial charge in [-0.05, 0) is 45.4 Å². The third-order valence-corrected chi connectivity index (χ3v) is 2.81. The number of halogens is 3. The maximum atomic E-state index is 12.9. The summed E-state index contributed by atoms with van der Waals surface area (Å²) in [5.41, 5.74) is -0.448. The van der Waals surface area contributed by atoms with Gasteiger partial charge in [0.25, 0.3) is 0 Å². The molecule has 0 bridgehead atoms. The van der Waals surface area contributed by atoms with Gasteiger partial charge in [0.2, 0.25) is 0 Å². The first-order valence-electron chi connectivity index (χ1n) is 6.67. The lowest BCUT2D eigenvalue weighted by molar-refractivity contribution is -0.137. The second kappa shape index (κ2) is 6.02. The van der Waals surface area contributed by atoms with Crippen LogP contribution in [-0.4, -0.2) is 18.7 Å². The van der Waals surface area contributed by atoms with Crippen molar-refractivity contribution in [2.45, 2.75) is 39.5 Å². The van der Waals surface area contributed by atoms with E-state index in [0.29, 0.717) is 11.1 Å². The van der Waals surface area contributed by atoms with E-state index in [2.05, 4.69) is 6.58 Å². The van der Waals surface area contributed by atoms with Gasteiger partial charge in [0, 0.05) is 12.6 Å². The van der Waals surface area contributed by atoms with E-state index >= 15 is 0 Å². The number of alkyl halides is 3. The maximum Gasteiger partial charge on any atom is 0.416 e. The molecule has 0 saturated carbocycles. The molecule has 0 radical (unpaired) electrons. The second-order valence-corrected chi connectivity index (χ2v) is 6.05. The number of ether oxygens (including phenoxy) is 1. The van der Waals surface area contributed by atoms with Gasteiger partial charge in [0.05, 0.1) is 11.3 Å². The van der Waals surface area contributed by atoms with Crippen molar-refractivity contribution < 1.29 is 22.7 Å². The number of hydrogen-bond donors (Lipinski definition) is 0. The van der Waals surface area contributed by atoms with Gasteiger partial charge in [-0.1, -0.05) is 12.6 Å². The summed E-state index contributed by atoms with van der Waals surface area (Å²) in [6.45, 7) is 10.5. The van der Waals surface area contributed by atoms with Crippen LogP contribution in [-0.2, 0) is 10.9 Å². The molecular weight excluding hydrogens is 295 g/mol. The molecule has 6 heteroatoms. The van der Waals surface area contributed by atoms with Crippen molar-refractivity contribution in [3.8, 4) is 0 Å². The summed E-state index contributed by atoms with van der Waals surface area (Å²) in [6, 6.07) is 3.20. The van der Waals surface area contributed by atoms with E-state index in [4.69, 9.17) is 4.74 Å². The van der Waals surface area contributed by atoms with Crippen LogP contribution in [0.2, 0.25) is 0 Å². The van der Waals surface area contributed by atoms with Crippen molar-refractivity contribution >= 4 is 17.4 Å². The Morgan fingerprint density at radius 3 is 2.18 bits per heavy atom. The molecule has 0 saturated heterocycles. The number of benzene rings is 1. The molecule has 3 nitrogen and oxygen atoms in total. The molecule has 1 aromatic carbocycles. The van der Waals surface area contributed by atoms with Crippen LogP contribution in [0.25, 0.3) is 5.57 Å². The molecule has 1 aromatic rings. The number of rotatable bonds is 2. The molecule has 1 rings (SSSR count). The van der Waals surface area contributed by atoms with E-state index in [1.807, 2.05) is 0 Å². The summed E-state index contributed by atoms with van der Waals surface area (Å²) in [5, 5.41) is 0. The normalized spacial score (nSPS) is 12.0. The molecular formula is C16H20F3NO2. The Bertz CT molecular complexity index is 586. The minimum absolute atomic E-state index is 0.108. The Hall–Kier alpha value is -1.98. The van der Waals surface area contributed by atoms with E-state index in [-0.39, 0.29) is 5.69 Å². The van der Waals surface area contributed by atoms with Crippen molar-refractivity contribution in [1.82, 2.24) is 0 Å². The first kappa shape index (κ1) is 18.1. The lowest BCUT2D eigenvalue weighted by Gasteiger charge is -2.26. The Balaban J connectivity index is 3.30. The summed E-state index contributed by atoms with van der Waals surface area (Å²) < 4.78 is 43.8. The van der Waals surface area contributed by atoms with Crippen LogP contribution in [0.3, 0.4) is 0 Å². The standard InChI is InChI=1S/C16H20F3NO2/c1-10(2)12-8-7-11(16(17,18)19)9-13(12)20(6)14(21)22-15(3,4)5/h7-9H,1H2,2-6H3. The van der Waals surface area contributed by atoms with Crippen LogP contribution >= 0.6 is 0 Å². The zero-order valence-electron chi connectivity index (χ0n) is 13.3. The first-order valence-corrected chi connectivity index (χ1v) is 6.67. The number of allylic oxidation sites excluding steroid dienone is 1. The molecule has 0 aliphatic carbocycles. The van der Waals surface area contributed by atoms with Crippen molar-refractivity contribution in [2.24, 2.45) is 0 Å². The number of anilines is 1. The maximum absolute atomic E-state index is 12.9. The van der Waals surface area contributed by atoms with Gasteiger partial charge in [-0.25, -0.2) is 4.79 Å². The fourth-order valence-electron chi connectivity index (χ4n) is 1.78. The number of hydrogen-bond acceptors (Lipinski definition) is 2. The van der Waals surface area contributed by atoms with E-state index in [1.165, 1.54) is 13.1 Å². The topological polar surface area (TPSA) is 29.5 Å². The van der Waals surface area contributed by atoms with E-state index in [1.54, 1.807) is 27.7 Å². The Morgan fingerprint density at radius 2 is 1.77 bits per heavy atom. The number of amides is 1. The van der Waals surface area contributed by atoms with Crippen LogP contribution in [0, 0.1) is 0 Å². The largest absolute Gasteiger partial charge is 0.443 e. The average Bonchev–Trinajstić information content (AvgIpc) is 2.33. The van der Waals surface area contributed by atoms with Crippen LogP contribution in [0.1, 0.15) is 38.8 Å². The summed E-state index contributed by atoms with van der Waals surface area (Å²) in [7, 11) is 1.37. The molecule has 0 aromatic heterocycles. The van der Waals surface area contributed by atoms with E-state index < -0.39 is 23.4 Å². The van der Waals surface area contributed by atoms with Gasteiger partial charge in [0.1, 0.15) is 5.60 Å². The molecule has 0 fully saturated rings. The third-order valence-electron chi connectivity index (χ3n) is 2.81. The highest BCUT2D eigenvalue weighted by Gasteiger charge is 2.32. The average molecular weight is 315 g/mol. The van der Waals surface area contributed by atoms with Gasteiger partial charge < -0.3 is 4.74 Å². The minimum Gasteiger partial charge on any atom is -0.443 e. The number of nitrogens with zero attached hydrogens (tertiary/aromatic N) is 1. The van der Waals surface area contributed by atoms with Crippen molar-refractivity contribution in [2.75, 3.05) is 11.9 Å². The molecule has 0 unspecified atom stereocenters. The lowest BCUT2D eigenvalue weighted by atomic mass is 10.0. The fraction of sp³-hybridized carbons (Fsp3) is 0.438. The molecule has 1 amide bonds. The molecule has 0 atom stereocenters. The van der Waals surface area contributed by atoms with E-state index in [9.17, 15) is 18.0 Å². The van der Waals surface area contributed by atoms with Crippen molar-refractivity contribution in [3.05, 3.63) is 35.9 Å². The Kier molecular flexibility index (Phi) is 4.95. The summed E-state index contributed by atoms with van der Waals surface area (Å²) in [6.07, 6.45) is -5.22. The molecule has 0 aliphatic heterocycles. The van der Waals surface area contributed by atoms with Gasteiger partial charge >= 0.3 is 12.3 Å². The van der Waals surface area contributed by atoms with Gasteiger partial charge in [-0.15, -0.1) is 0 Å². The van der Waals surface area contributed by atoms with Crippen LogP contribution in [0.15, 0.2) is 24.8 Å². The zero-order valence-corrected chi connectivity index (χ0v) is 13.3. The highest BCUT2D eigenvalue weighted by atomic mass is 19.4. The van der Waals surface area contributed by atoms with Crippen LogP contribution < -0.4 is 4.90 Å². The molecule has 0 aliphatic rings. The Morgan fingerprint density at radius 1 is 1.23 bits per heavy atom. The third kappa shape index (κ3) is 4.51. The summed E-state index contributed by atoms with van der Waals surface area (Å²) >= 11 is 0. The zero-order chi connectivity index (χ0) is 17.3. The Labute approximate surface area is 128 Å². The molecule has 0 heterocycles. The van der Waals surface area contributed by atoms with Crippen molar-refractivity contribution in [1.29, 1.82) is 0 Å². The predicted octanol–water partition coefficient (Wildman–Crippen LogP) is 5.11.